The summed E-state index contributed by atoms with van der Waals surface area (Å²) in [6, 6.07) is 12.2. The number of halogens is 5. The number of aromatic carboxylic acids is 1. The molecule has 0 amide bonds. The fraction of sp³-hybridized carbons (Fsp3) is 0.344. The van der Waals surface area contributed by atoms with Crippen molar-refractivity contribution < 1.29 is 37.4 Å². The number of alkyl halides is 3. The van der Waals surface area contributed by atoms with E-state index in [1.54, 1.807) is 24.3 Å². The Hall–Kier alpha value is -3.80. The lowest BCUT2D eigenvalue weighted by atomic mass is 9.84. The highest BCUT2D eigenvalue weighted by molar-refractivity contribution is 6.33. The first kappa shape index (κ1) is 31.2. The van der Waals surface area contributed by atoms with Crippen molar-refractivity contribution >= 4 is 35.0 Å². The lowest BCUT2D eigenvalue weighted by Gasteiger charge is -2.39. The van der Waals surface area contributed by atoms with Gasteiger partial charge in [-0.15, -0.1) is 0 Å². The monoisotopic (exact) mass is 661 g/mol. The molecule has 4 aromatic rings. The SMILES string of the molecule is Cc1cccc(Cl)c1-c1noc(C2CC2)c1COc1ccc(C2(O)CCN(c3cc(C(=O)O)cc(C(F)(F)F)n3)CC2)c(Cl)c1. The largest absolute Gasteiger partial charge is 0.489 e. The van der Waals surface area contributed by atoms with E-state index in [1.165, 1.54) is 4.90 Å². The average molecular weight is 662 g/mol. The van der Waals surface area contributed by atoms with Crippen molar-refractivity contribution in [2.75, 3.05) is 18.0 Å². The van der Waals surface area contributed by atoms with Gasteiger partial charge in [-0.3, -0.25) is 0 Å². The standard InChI is InChI=1S/C32H28Cl2F3N3O5/c1-17-3-2-4-23(33)27(17)28-21(29(45-39-28)18-5-6-18)16-44-20-7-8-22(24(34)15-20)31(43)9-11-40(12-10-31)26-14-19(30(41)42)13-25(38-26)32(35,36)37/h2-4,7-8,13-15,18,43H,5-6,9-12,16H2,1H3,(H,41,42). The number of aromatic nitrogens is 2. The van der Waals surface area contributed by atoms with Crippen molar-refractivity contribution in [3.05, 3.63) is 92.3 Å². The second-order valence-electron chi connectivity index (χ2n) is 11.4. The summed E-state index contributed by atoms with van der Waals surface area (Å²) in [5.74, 6) is -0.0946. The Morgan fingerprint density at radius 2 is 1.84 bits per heavy atom. The van der Waals surface area contributed by atoms with Gasteiger partial charge in [0, 0.05) is 30.1 Å². The Labute approximate surface area is 266 Å². The highest BCUT2D eigenvalue weighted by Gasteiger charge is 2.39. The topological polar surface area (TPSA) is 109 Å². The molecule has 2 N–H and O–H groups in total. The summed E-state index contributed by atoms with van der Waals surface area (Å²) in [5.41, 5.74) is 0.468. The van der Waals surface area contributed by atoms with E-state index in [-0.39, 0.29) is 49.3 Å². The molecule has 1 saturated heterocycles. The minimum absolute atomic E-state index is 0.121. The van der Waals surface area contributed by atoms with E-state index < -0.39 is 29.0 Å². The lowest BCUT2D eigenvalue weighted by molar-refractivity contribution is -0.141. The van der Waals surface area contributed by atoms with Crippen molar-refractivity contribution in [2.45, 2.75) is 56.9 Å². The molecule has 0 radical (unpaired) electrons. The molecule has 0 spiro atoms. The predicted octanol–water partition coefficient (Wildman–Crippen LogP) is 8.01. The van der Waals surface area contributed by atoms with Crippen LogP contribution in [0.3, 0.4) is 0 Å². The van der Waals surface area contributed by atoms with Crippen LogP contribution < -0.4 is 9.64 Å². The van der Waals surface area contributed by atoms with Crippen LogP contribution in [-0.4, -0.2) is 39.4 Å². The van der Waals surface area contributed by atoms with E-state index in [2.05, 4.69) is 10.1 Å². The van der Waals surface area contributed by atoms with Gasteiger partial charge in [0.05, 0.1) is 26.8 Å². The molecule has 13 heteroatoms. The molecule has 0 atom stereocenters. The number of ether oxygens (including phenoxy) is 1. The summed E-state index contributed by atoms with van der Waals surface area (Å²) in [6.45, 7) is 2.36. The Morgan fingerprint density at radius 3 is 2.47 bits per heavy atom. The van der Waals surface area contributed by atoms with Gasteiger partial charge >= 0.3 is 12.1 Å². The van der Waals surface area contributed by atoms with Crippen LogP contribution in [0.4, 0.5) is 19.0 Å². The number of carboxylic acids is 1. The highest BCUT2D eigenvalue weighted by Crippen LogP contribution is 2.46. The molecular formula is C32H28Cl2F3N3O5. The molecule has 0 unspecified atom stereocenters. The molecular weight excluding hydrogens is 634 g/mol. The molecule has 0 bridgehead atoms. The molecule has 1 aliphatic carbocycles. The van der Waals surface area contributed by atoms with Gasteiger partial charge in [0.25, 0.3) is 0 Å². The third-order valence-electron chi connectivity index (χ3n) is 8.31. The molecule has 6 rings (SSSR count). The fourth-order valence-electron chi connectivity index (χ4n) is 5.70. The number of hydrogen-bond donors (Lipinski definition) is 2. The summed E-state index contributed by atoms with van der Waals surface area (Å²) in [6.07, 6.45) is -2.55. The molecule has 2 aromatic heterocycles. The van der Waals surface area contributed by atoms with E-state index >= 15 is 0 Å². The van der Waals surface area contributed by atoms with Crippen molar-refractivity contribution in [3.8, 4) is 17.0 Å². The van der Waals surface area contributed by atoms with Gasteiger partial charge in [0.15, 0.2) is 0 Å². The Bertz CT molecular complexity index is 1750. The number of rotatable bonds is 8. The summed E-state index contributed by atoms with van der Waals surface area (Å²) in [5, 5.41) is 26.0. The van der Waals surface area contributed by atoms with E-state index in [1.807, 2.05) is 19.1 Å². The number of aliphatic hydroxyl groups is 1. The zero-order valence-electron chi connectivity index (χ0n) is 24.0. The second kappa shape index (κ2) is 11.9. The smallest absolute Gasteiger partial charge is 0.433 e. The molecule has 8 nitrogen and oxygen atoms in total. The maximum Gasteiger partial charge on any atom is 0.433 e. The van der Waals surface area contributed by atoms with Crippen LogP contribution in [0.15, 0.2) is 53.1 Å². The number of carbonyl (C=O) groups is 1. The van der Waals surface area contributed by atoms with Crippen molar-refractivity contribution in [1.82, 2.24) is 10.1 Å². The van der Waals surface area contributed by atoms with E-state index in [4.69, 9.17) is 32.5 Å². The van der Waals surface area contributed by atoms with Crippen LogP contribution in [0.1, 0.15) is 70.1 Å². The number of nitrogens with zero attached hydrogens (tertiary/aromatic N) is 3. The zero-order valence-corrected chi connectivity index (χ0v) is 25.5. The summed E-state index contributed by atoms with van der Waals surface area (Å²) < 4.78 is 52.0. The molecule has 2 aromatic carbocycles. The summed E-state index contributed by atoms with van der Waals surface area (Å²) >= 11 is 13.2. The van der Waals surface area contributed by atoms with Crippen LogP contribution >= 0.6 is 23.2 Å². The number of benzene rings is 2. The van der Waals surface area contributed by atoms with E-state index in [9.17, 15) is 28.2 Å². The molecule has 3 heterocycles. The van der Waals surface area contributed by atoms with Crippen LogP contribution in [0.25, 0.3) is 11.3 Å². The van der Waals surface area contributed by atoms with Gasteiger partial charge in [-0.05, 0) is 68.5 Å². The molecule has 236 valence electrons. The molecule has 45 heavy (non-hydrogen) atoms. The third-order valence-corrected chi connectivity index (χ3v) is 8.94. The van der Waals surface area contributed by atoms with Gasteiger partial charge in [0.1, 0.15) is 35.3 Å². The Kier molecular flexibility index (Phi) is 8.21. The van der Waals surface area contributed by atoms with Crippen molar-refractivity contribution in [3.63, 3.8) is 0 Å². The van der Waals surface area contributed by atoms with Crippen LogP contribution in [0.5, 0.6) is 5.75 Å². The highest BCUT2D eigenvalue weighted by atomic mass is 35.5. The van der Waals surface area contributed by atoms with Gasteiger partial charge in [0.2, 0.25) is 0 Å². The van der Waals surface area contributed by atoms with Crippen LogP contribution in [0.2, 0.25) is 10.0 Å². The van der Waals surface area contributed by atoms with Gasteiger partial charge in [-0.25, -0.2) is 9.78 Å². The number of aryl methyl sites for hydroxylation is 1. The summed E-state index contributed by atoms with van der Waals surface area (Å²) in [4.78, 5) is 16.6. The van der Waals surface area contributed by atoms with Crippen LogP contribution in [0, 0.1) is 6.92 Å². The first-order valence-corrected chi connectivity index (χ1v) is 15.1. The van der Waals surface area contributed by atoms with Gasteiger partial charge in [-0.2, -0.15) is 13.2 Å². The zero-order chi connectivity index (χ0) is 32.1. The normalized spacial score (nSPS) is 16.6. The lowest BCUT2D eigenvalue weighted by Crippen LogP contribution is -2.43. The molecule has 2 aliphatic rings. The number of pyridine rings is 1. The van der Waals surface area contributed by atoms with Crippen molar-refractivity contribution in [1.29, 1.82) is 0 Å². The number of hydrogen-bond acceptors (Lipinski definition) is 7. The maximum absolute atomic E-state index is 13.4. The van der Waals surface area contributed by atoms with E-state index in [0.29, 0.717) is 28.1 Å². The second-order valence-corrected chi connectivity index (χ2v) is 12.2. The molecule has 1 saturated carbocycles. The predicted molar refractivity (Wildman–Crippen MR) is 161 cm³/mol. The third kappa shape index (κ3) is 6.34. The Balaban J connectivity index is 1.18. The summed E-state index contributed by atoms with van der Waals surface area (Å²) in [7, 11) is 0. The van der Waals surface area contributed by atoms with Crippen molar-refractivity contribution in [2.24, 2.45) is 0 Å². The minimum Gasteiger partial charge on any atom is -0.489 e. The maximum atomic E-state index is 13.4. The van der Waals surface area contributed by atoms with Crippen LogP contribution in [-0.2, 0) is 18.4 Å². The minimum atomic E-state index is -4.81. The first-order valence-electron chi connectivity index (χ1n) is 14.3. The average Bonchev–Trinajstić information content (AvgIpc) is 3.75. The number of piperidine rings is 1. The fourth-order valence-corrected chi connectivity index (χ4v) is 6.35. The molecule has 2 fully saturated rings. The van der Waals surface area contributed by atoms with Gasteiger partial charge in [-0.1, -0.05) is 46.6 Å². The first-order chi connectivity index (χ1) is 21.3. The number of anilines is 1. The molecule has 1 aliphatic heterocycles. The Morgan fingerprint density at radius 1 is 1.11 bits per heavy atom. The number of carboxylic acid groups (broad SMARTS) is 1. The van der Waals surface area contributed by atoms with Gasteiger partial charge < -0.3 is 24.4 Å². The quantitative estimate of drug-likeness (QED) is 0.195. The van der Waals surface area contributed by atoms with E-state index in [0.717, 1.165) is 41.4 Å².